The van der Waals surface area contributed by atoms with Crippen molar-refractivity contribution in [2.24, 2.45) is 0 Å². The minimum absolute atomic E-state index is 0.0213. The quantitative estimate of drug-likeness (QED) is 0.434. The van der Waals surface area contributed by atoms with Crippen molar-refractivity contribution in [2.75, 3.05) is 10.8 Å². The molecule has 1 heterocycles. The zero-order chi connectivity index (χ0) is 24.5. The molecule has 1 N–H and O–H groups in total. The minimum Gasteiger partial charge on any atom is -0.486 e. The Morgan fingerprint density at radius 2 is 1.82 bits per heavy atom. The standard InChI is InChI=1S/C26H26ClNO5S/c1-17(2)18-5-4-8-23(14-18)34(31,32)28-16-22(10-12-26(29)30)33-25-11-9-20(15-24(25)28)19-6-3-7-21(27)13-19/h3-9,11,13-15,17,22H,10,12,16H2,1-2H3,(H,29,30)/t22-/m0/s1. The van der Waals surface area contributed by atoms with E-state index in [0.29, 0.717) is 16.5 Å². The third-order valence-corrected chi connectivity index (χ3v) is 7.85. The van der Waals surface area contributed by atoms with E-state index >= 15 is 0 Å². The van der Waals surface area contributed by atoms with Crippen molar-refractivity contribution >= 4 is 33.3 Å². The largest absolute Gasteiger partial charge is 0.486 e. The number of ether oxygens (including phenoxy) is 1. The Labute approximate surface area is 204 Å². The van der Waals surface area contributed by atoms with E-state index < -0.39 is 22.1 Å². The van der Waals surface area contributed by atoms with E-state index in [4.69, 9.17) is 21.4 Å². The lowest BCUT2D eigenvalue weighted by Crippen LogP contribution is -2.43. The lowest BCUT2D eigenvalue weighted by Gasteiger charge is -2.36. The summed E-state index contributed by atoms with van der Waals surface area (Å²) in [5.41, 5.74) is 2.98. The SMILES string of the molecule is CC(C)c1cccc(S(=O)(=O)N2C[C@H](CCC(=O)O)Oc3ccc(-c4cccc(Cl)c4)cc32)c1. The molecule has 34 heavy (non-hydrogen) atoms. The molecule has 0 amide bonds. The summed E-state index contributed by atoms with van der Waals surface area (Å²) in [6.07, 6.45) is -0.496. The van der Waals surface area contributed by atoms with Gasteiger partial charge in [0.1, 0.15) is 11.9 Å². The number of halogens is 1. The first-order valence-corrected chi connectivity index (χ1v) is 12.9. The number of nitrogens with zero attached hydrogens (tertiary/aromatic N) is 1. The molecule has 0 bridgehead atoms. The first-order valence-electron chi connectivity index (χ1n) is 11.1. The second kappa shape index (κ2) is 9.68. The van der Waals surface area contributed by atoms with E-state index in [9.17, 15) is 13.2 Å². The van der Waals surface area contributed by atoms with E-state index in [1.165, 1.54) is 4.31 Å². The van der Waals surface area contributed by atoms with Gasteiger partial charge in [-0.3, -0.25) is 9.10 Å². The maximum atomic E-state index is 13.8. The van der Waals surface area contributed by atoms with Gasteiger partial charge in [-0.05, 0) is 65.4 Å². The molecule has 8 heteroatoms. The monoisotopic (exact) mass is 499 g/mol. The molecule has 3 aromatic rings. The van der Waals surface area contributed by atoms with Crippen LogP contribution in [0.5, 0.6) is 5.75 Å². The van der Waals surface area contributed by atoms with Crippen molar-refractivity contribution in [3.05, 3.63) is 77.3 Å². The van der Waals surface area contributed by atoms with Crippen molar-refractivity contribution in [1.29, 1.82) is 0 Å². The smallest absolute Gasteiger partial charge is 0.303 e. The van der Waals surface area contributed by atoms with Crippen LogP contribution in [-0.2, 0) is 14.8 Å². The van der Waals surface area contributed by atoms with Crippen molar-refractivity contribution in [2.45, 2.75) is 43.6 Å². The van der Waals surface area contributed by atoms with Crippen molar-refractivity contribution in [3.8, 4) is 16.9 Å². The van der Waals surface area contributed by atoms with Crippen LogP contribution in [0.25, 0.3) is 11.1 Å². The van der Waals surface area contributed by atoms with Gasteiger partial charge in [-0.1, -0.05) is 55.8 Å². The number of aliphatic carboxylic acids is 1. The van der Waals surface area contributed by atoms with E-state index in [1.807, 2.05) is 44.2 Å². The van der Waals surface area contributed by atoms with Gasteiger partial charge < -0.3 is 9.84 Å². The van der Waals surface area contributed by atoms with Crippen LogP contribution < -0.4 is 9.04 Å². The van der Waals surface area contributed by atoms with Crippen LogP contribution in [0, 0.1) is 0 Å². The van der Waals surface area contributed by atoms with Crippen LogP contribution in [0.15, 0.2) is 71.6 Å². The molecule has 0 aromatic heterocycles. The van der Waals surface area contributed by atoms with E-state index in [2.05, 4.69) is 0 Å². The topological polar surface area (TPSA) is 83.9 Å². The maximum Gasteiger partial charge on any atom is 0.303 e. The van der Waals surface area contributed by atoms with Crippen molar-refractivity contribution in [3.63, 3.8) is 0 Å². The lowest BCUT2D eigenvalue weighted by molar-refractivity contribution is -0.137. The number of benzene rings is 3. The van der Waals surface area contributed by atoms with Gasteiger partial charge in [0.15, 0.2) is 0 Å². The number of fused-ring (bicyclic) bond motifs is 1. The van der Waals surface area contributed by atoms with Gasteiger partial charge in [0.05, 0.1) is 17.1 Å². The van der Waals surface area contributed by atoms with E-state index in [-0.39, 0.29) is 30.2 Å². The van der Waals surface area contributed by atoms with Gasteiger partial charge in [-0.2, -0.15) is 0 Å². The molecule has 4 rings (SSSR count). The number of carbonyl (C=O) groups is 1. The Bertz CT molecular complexity index is 1320. The minimum atomic E-state index is -3.93. The van der Waals surface area contributed by atoms with Crippen LogP contribution in [0.4, 0.5) is 5.69 Å². The summed E-state index contributed by atoms with van der Waals surface area (Å²) < 4.78 is 35.1. The average Bonchev–Trinajstić information content (AvgIpc) is 2.82. The summed E-state index contributed by atoms with van der Waals surface area (Å²) in [5.74, 6) is -0.384. The van der Waals surface area contributed by atoms with E-state index in [1.54, 1.807) is 36.4 Å². The zero-order valence-corrected chi connectivity index (χ0v) is 20.5. The third-order valence-electron chi connectivity index (χ3n) is 5.84. The Morgan fingerprint density at radius 1 is 1.09 bits per heavy atom. The molecule has 1 atom stereocenters. The fraction of sp³-hybridized carbons (Fsp3) is 0.269. The molecule has 1 aliphatic rings. The number of carboxylic acids is 1. The number of anilines is 1. The molecule has 6 nitrogen and oxygen atoms in total. The molecule has 178 valence electrons. The first-order chi connectivity index (χ1) is 16.1. The molecule has 1 aliphatic heterocycles. The fourth-order valence-corrected chi connectivity index (χ4v) is 5.73. The van der Waals surface area contributed by atoms with Crippen LogP contribution in [0.2, 0.25) is 5.02 Å². The highest BCUT2D eigenvalue weighted by molar-refractivity contribution is 7.92. The number of hydrogen-bond donors (Lipinski definition) is 1. The van der Waals surface area contributed by atoms with E-state index in [0.717, 1.165) is 16.7 Å². The molecule has 0 aliphatic carbocycles. The summed E-state index contributed by atoms with van der Waals surface area (Å²) in [6.45, 7) is 4.04. The molecule has 3 aromatic carbocycles. The normalized spacial score (nSPS) is 15.6. The van der Waals surface area contributed by atoms with Crippen LogP contribution in [-0.4, -0.2) is 32.1 Å². The lowest BCUT2D eigenvalue weighted by atomic mass is 10.0. The second-order valence-corrected chi connectivity index (χ2v) is 10.9. The van der Waals surface area contributed by atoms with Crippen LogP contribution >= 0.6 is 11.6 Å². The molecule has 0 saturated carbocycles. The zero-order valence-electron chi connectivity index (χ0n) is 18.9. The maximum absolute atomic E-state index is 13.8. The second-order valence-electron chi connectivity index (χ2n) is 8.63. The number of carboxylic acid groups (broad SMARTS) is 1. The van der Waals surface area contributed by atoms with Gasteiger partial charge in [-0.15, -0.1) is 0 Å². The molecular formula is C26H26ClNO5S. The van der Waals surface area contributed by atoms with Gasteiger partial charge >= 0.3 is 5.97 Å². The number of rotatable bonds is 7. The summed E-state index contributed by atoms with van der Waals surface area (Å²) >= 11 is 6.16. The highest BCUT2D eigenvalue weighted by Gasteiger charge is 2.35. The number of sulfonamides is 1. The Hall–Kier alpha value is -3.03. The highest BCUT2D eigenvalue weighted by atomic mass is 35.5. The molecule has 0 saturated heterocycles. The Kier molecular flexibility index (Phi) is 6.86. The molecule has 0 spiro atoms. The van der Waals surface area contributed by atoms with Gasteiger partial charge in [0.2, 0.25) is 0 Å². The number of hydrogen-bond acceptors (Lipinski definition) is 4. The third kappa shape index (κ3) is 5.05. The van der Waals surface area contributed by atoms with Crippen molar-refractivity contribution in [1.82, 2.24) is 0 Å². The predicted octanol–water partition coefficient (Wildman–Crippen LogP) is 5.95. The molecule has 0 radical (unpaired) electrons. The predicted molar refractivity (Wildman–Crippen MR) is 133 cm³/mol. The molecule has 0 fully saturated rings. The summed E-state index contributed by atoms with van der Waals surface area (Å²) in [6, 6.07) is 19.6. The summed E-state index contributed by atoms with van der Waals surface area (Å²) in [7, 11) is -3.93. The summed E-state index contributed by atoms with van der Waals surface area (Å²) in [4.78, 5) is 11.3. The van der Waals surface area contributed by atoms with Crippen LogP contribution in [0.3, 0.4) is 0 Å². The fourth-order valence-electron chi connectivity index (χ4n) is 3.98. The first kappa shape index (κ1) is 24.1. The Balaban J connectivity index is 1.80. The van der Waals surface area contributed by atoms with Gasteiger partial charge in [-0.25, -0.2) is 8.42 Å². The average molecular weight is 500 g/mol. The van der Waals surface area contributed by atoms with Gasteiger partial charge in [0, 0.05) is 11.4 Å². The van der Waals surface area contributed by atoms with Gasteiger partial charge in [0.25, 0.3) is 10.0 Å². The molecule has 0 unspecified atom stereocenters. The van der Waals surface area contributed by atoms with Crippen LogP contribution in [0.1, 0.15) is 38.2 Å². The highest BCUT2D eigenvalue weighted by Crippen LogP contribution is 2.41. The summed E-state index contributed by atoms with van der Waals surface area (Å²) in [5, 5.41) is 9.69. The Morgan fingerprint density at radius 3 is 2.53 bits per heavy atom. The molecular weight excluding hydrogens is 474 g/mol. The van der Waals surface area contributed by atoms with Crippen molar-refractivity contribution < 1.29 is 23.1 Å².